The summed E-state index contributed by atoms with van der Waals surface area (Å²) in [4.78, 5) is 0. The normalized spacial score (nSPS) is 18.3. The van der Waals surface area contributed by atoms with E-state index in [-0.39, 0.29) is 23.2 Å². The molecule has 0 saturated heterocycles. The van der Waals surface area contributed by atoms with Gasteiger partial charge in [-0.15, -0.1) is 22.2 Å². The molecule has 4 heteroatoms. The van der Waals surface area contributed by atoms with Crippen LogP contribution in [0.2, 0.25) is 13.1 Å². The Morgan fingerprint density at radius 3 is 1.50 bits per heavy atom. The average Bonchev–Trinajstić information content (AvgIpc) is 2.74. The van der Waals surface area contributed by atoms with Crippen LogP contribution in [0.4, 0.5) is 0 Å². The standard InChI is InChI=1S/2C6H7.C2H6Cl2Si.Zr/c2*1-6-4-2-3-5-6;1-5(2,3)4;/h2*4-5H,2H2,1H3;1-2H3;. The van der Waals surface area contributed by atoms with E-state index in [0.29, 0.717) is 0 Å². The second-order valence-corrected chi connectivity index (χ2v) is 17.8. The predicted octanol–water partition coefficient (Wildman–Crippen LogP) is 5.70. The van der Waals surface area contributed by atoms with E-state index in [2.05, 4.69) is 38.2 Å². The molecule has 0 bridgehead atoms. The minimum absolute atomic E-state index is 0.364. The first kappa shape index (κ1) is 16.7. The zero-order valence-corrected chi connectivity index (χ0v) is 16.4. The summed E-state index contributed by atoms with van der Waals surface area (Å²) in [5.41, 5.74) is 2.94. The van der Waals surface area contributed by atoms with Gasteiger partial charge in [0.05, 0.1) is 0 Å². The van der Waals surface area contributed by atoms with Crippen LogP contribution in [0.25, 0.3) is 0 Å². The van der Waals surface area contributed by atoms with E-state index in [1.54, 1.807) is 6.56 Å². The van der Waals surface area contributed by atoms with Gasteiger partial charge in [0.25, 0.3) is 0 Å². The van der Waals surface area contributed by atoms with Crippen molar-refractivity contribution < 1.29 is 23.2 Å². The molecule has 2 aliphatic carbocycles. The van der Waals surface area contributed by atoms with Crippen molar-refractivity contribution in [1.29, 1.82) is 0 Å². The molecule has 0 heterocycles. The summed E-state index contributed by atoms with van der Waals surface area (Å²) in [6.45, 7) is 6.46. The predicted molar refractivity (Wildman–Crippen MR) is 82.1 cm³/mol. The fourth-order valence-electron chi connectivity index (χ4n) is 1.71. The summed E-state index contributed by atoms with van der Waals surface area (Å²) in [5, 5.41) is 0. The summed E-state index contributed by atoms with van der Waals surface area (Å²) in [5.74, 6) is 0. The summed E-state index contributed by atoms with van der Waals surface area (Å²) in [7, 11) is 0. The first-order chi connectivity index (χ1) is 8.24. The Morgan fingerprint density at radius 2 is 1.28 bits per heavy atom. The molecule has 0 amide bonds. The number of allylic oxidation sites excluding steroid dienone is 8. The Labute approximate surface area is 133 Å². The van der Waals surface area contributed by atoms with Crippen molar-refractivity contribution in [3.8, 4) is 0 Å². The fraction of sp³-hybridized carbons (Fsp3) is 0.429. The van der Waals surface area contributed by atoms with Gasteiger partial charge in [0.1, 0.15) is 0 Å². The molecule has 0 radical (unpaired) electrons. The van der Waals surface area contributed by atoms with Crippen molar-refractivity contribution in [1.82, 2.24) is 0 Å². The van der Waals surface area contributed by atoms with E-state index in [4.69, 9.17) is 22.2 Å². The van der Waals surface area contributed by atoms with Gasteiger partial charge in [-0.05, 0) is 13.1 Å². The number of rotatable bonds is 2. The quantitative estimate of drug-likeness (QED) is 0.427. The summed E-state index contributed by atoms with van der Waals surface area (Å²) in [6.07, 6.45) is 12.0. The van der Waals surface area contributed by atoms with Crippen molar-refractivity contribution in [3.63, 3.8) is 0 Å². The monoisotopic (exact) mass is 376 g/mol. The molecule has 2 aliphatic rings. The van der Waals surface area contributed by atoms with E-state index >= 15 is 0 Å². The van der Waals surface area contributed by atoms with Gasteiger partial charge in [-0.2, -0.15) is 0 Å². The summed E-state index contributed by atoms with van der Waals surface area (Å²) >= 11 is 10.5. The fourth-order valence-corrected chi connectivity index (χ4v) is 5.20. The molecular weight excluding hydrogens is 358 g/mol. The zero-order valence-electron chi connectivity index (χ0n) is 11.5. The van der Waals surface area contributed by atoms with Gasteiger partial charge in [-0.3, -0.25) is 0 Å². The van der Waals surface area contributed by atoms with Crippen LogP contribution >= 0.6 is 22.2 Å². The van der Waals surface area contributed by atoms with Crippen LogP contribution in [-0.4, -0.2) is 6.69 Å². The number of hydrogen-bond acceptors (Lipinski definition) is 0. The molecule has 0 aromatic carbocycles. The van der Waals surface area contributed by atoms with Crippen LogP contribution < -0.4 is 0 Å². The maximum Gasteiger partial charge on any atom is 0.245 e. The van der Waals surface area contributed by atoms with Crippen LogP contribution in [0.1, 0.15) is 26.7 Å². The Hall–Kier alpha value is 0.640. The topological polar surface area (TPSA) is 0 Å². The van der Waals surface area contributed by atoms with E-state index in [0.717, 1.165) is 0 Å². The van der Waals surface area contributed by atoms with Gasteiger partial charge in [-0.1, -0.05) is 0 Å². The van der Waals surface area contributed by atoms with Gasteiger partial charge in [0.15, 0.2) is 0 Å². The van der Waals surface area contributed by atoms with Crippen LogP contribution in [-0.2, 0) is 23.2 Å². The third kappa shape index (κ3) is 7.94. The molecule has 0 nitrogen and oxygen atoms in total. The van der Waals surface area contributed by atoms with E-state index in [9.17, 15) is 0 Å². The Balaban J connectivity index is 0.000000280. The zero-order chi connectivity index (χ0) is 13.8. The number of hydrogen-bond donors (Lipinski definition) is 0. The second-order valence-electron chi connectivity index (χ2n) is 5.10. The maximum absolute atomic E-state index is 5.43. The average molecular weight is 379 g/mol. The van der Waals surface area contributed by atoms with Crippen molar-refractivity contribution in [2.24, 2.45) is 0 Å². The molecule has 0 aliphatic heterocycles. The van der Waals surface area contributed by atoms with Gasteiger partial charge >= 0.3 is 91.9 Å². The maximum atomic E-state index is 5.43. The molecule has 0 N–H and O–H groups in total. The third-order valence-electron chi connectivity index (χ3n) is 2.41. The Morgan fingerprint density at radius 1 is 0.944 bits per heavy atom. The van der Waals surface area contributed by atoms with Gasteiger partial charge in [0, 0.05) is 0 Å². The molecule has 98 valence electrons. The first-order valence-corrected chi connectivity index (χ1v) is 13.6. The molecule has 18 heavy (non-hydrogen) atoms. The second kappa shape index (κ2) is 7.43. The molecule has 0 unspecified atom stereocenters. The van der Waals surface area contributed by atoms with Crippen LogP contribution in [0.5, 0.6) is 0 Å². The largest absolute Gasteiger partial charge is 0.245 e. The SMILES string of the molecule is CC1=CC[C]([Zr][C]2=CC(C)=CC2)=C1.C[Si](C)(Cl)Cl. The molecule has 0 aromatic heterocycles. The van der Waals surface area contributed by atoms with Crippen LogP contribution in [0.3, 0.4) is 0 Å². The van der Waals surface area contributed by atoms with Crippen molar-refractivity contribution in [2.45, 2.75) is 39.8 Å². The van der Waals surface area contributed by atoms with Crippen molar-refractivity contribution >= 4 is 28.9 Å². The van der Waals surface area contributed by atoms with Crippen molar-refractivity contribution in [3.05, 3.63) is 42.0 Å². The molecule has 0 aromatic rings. The molecule has 0 atom stereocenters. The molecule has 0 fully saturated rings. The third-order valence-corrected chi connectivity index (χ3v) is 5.70. The van der Waals surface area contributed by atoms with Gasteiger partial charge < -0.3 is 0 Å². The van der Waals surface area contributed by atoms with Gasteiger partial charge in [0.2, 0.25) is 6.69 Å². The van der Waals surface area contributed by atoms with Crippen LogP contribution in [0, 0.1) is 0 Å². The minimum atomic E-state index is -1.67. The van der Waals surface area contributed by atoms with E-state index in [1.165, 1.54) is 24.0 Å². The molecule has 0 saturated carbocycles. The summed E-state index contributed by atoms with van der Waals surface area (Å²) in [6, 6.07) is 0. The minimum Gasteiger partial charge on any atom is -0.146 e. The smallest absolute Gasteiger partial charge is 0.146 e. The summed E-state index contributed by atoms with van der Waals surface area (Å²) < 4.78 is 3.49. The van der Waals surface area contributed by atoms with Gasteiger partial charge in [-0.25, -0.2) is 0 Å². The number of halogens is 2. The Kier molecular flexibility index (Phi) is 6.89. The molecule has 2 rings (SSSR count). The Bertz CT molecular complexity index is 386. The van der Waals surface area contributed by atoms with Crippen molar-refractivity contribution in [2.75, 3.05) is 0 Å². The van der Waals surface area contributed by atoms with Crippen LogP contribution in [0.15, 0.2) is 42.0 Å². The first-order valence-electron chi connectivity index (χ1n) is 6.13. The molecule has 0 spiro atoms. The molecular formula is C14H20Cl2SiZr. The van der Waals surface area contributed by atoms with E-state index < -0.39 is 6.69 Å². The van der Waals surface area contributed by atoms with E-state index in [1.807, 2.05) is 13.1 Å².